The lowest BCUT2D eigenvalue weighted by atomic mass is 10.1. The Bertz CT molecular complexity index is 603. The zero-order valence-electron chi connectivity index (χ0n) is 15.0. The molecule has 1 aliphatic rings. The van der Waals surface area contributed by atoms with E-state index in [2.05, 4.69) is 58.2 Å². The fraction of sp³-hybridized carbons (Fsp3) is 0.474. The van der Waals surface area contributed by atoms with Crippen LogP contribution >= 0.6 is 0 Å². The number of urea groups is 1. The molecule has 2 rings (SSSR count). The number of carbonyl (C=O) groups excluding carboxylic acids is 2. The molecule has 0 bridgehead atoms. The first-order valence-electron chi connectivity index (χ1n) is 8.76. The van der Waals surface area contributed by atoms with E-state index in [0.29, 0.717) is 6.54 Å². The average Bonchev–Trinajstić information content (AvgIpc) is 2.80. The van der Waals surface area contributed by atoms with Crippen LogP contribution in [0.5, 0.6) is 0 Å². The number of benzene rings is 1. The molecule has 0 unspecified atom stereocenters. The van der Waals surface area contributed by atoms with Crippen molar-refractivity contribution in [3.63, 3.8) is 0 Å². The fourth-order valence-electron chi connectivity index (χ4n) is 2.95. The third-order valence-electron chi connectivity index (χ3n) is 4.36. The minimum atomic E-state index is -0.471. The first kappa shape index (κ1) is 19.1. The smallest absolute Gasteiger partial charge is 0.321 e. The van der Waals surface area contributed by atoms with Crippen LogP contribution < -0.4 is 10.6 Å². The van der Waals surface area contributed by atoms with E-state index in [-0.39, 0.29) is 12.5 Å². The van der Waals surface area contributed by atoms with Crippen LogP contribution in [-0.4, -0.2) is 61.0 Å². The molecule has 1 fully saturated rings. The monoisotopic (exact) mass is 344 g/mol. The van der Waals surface area contributed by atoms with Crippen molar-refractivity contribution in [1.29, 1.82) is 0 Å². The second kappa shape index (κ2) is 9.96. The van der Waals surface area contributed by atoms with Gasteiger partial charge in [-0.1, -0.05) is 30.3 Å². The molecule has 2 N–H and O–H groups in total. The first-order valence-corrected chi connectivity index (χ1v) is 8.76. The number of hydrogen-bond acceptors (Lipinski definition) is 4. The molecule has 0 aliphatic carbocycles. The van der Waals surface area contributed by atoms with Crippen LogP contribution in [0, 0.1) is 6.92 Å². The number of imide groups is 1. The number of nitrogens with zero attached hydrogens (tertiary/aromatic N) is 2. The predicted octanol–water partition coefficient (Wildman–Crippen LogP) is 1.51. The molecule has 1 aromatic rings. The maximum Gasteiger partial charge on any atom is 0.321 e. The van der Waals surface area contributed by atoms with E-state index in [9.17, 15) is 9.59 Å². The Morgan fingerprint density at radius 3 is 2.64 bits per heavy atom. The van der Waals surface area contributed by atoms with Gasteiger partial charge in [-0.25, -0.2) is 4.79 Å². The van der Waals surface area contributed by atoms with Gasteiger partial charge in [0, 0.05) is 26.2 Å². The molecule has 0 atom stereocenters. The molecule has 1 heterocycles. The van der Waals surface area contributed by atoms with Gasteiger partial charge in [-0.05, 0) is 37.6 Å². The summed E-state index contributed by atoms with van der Waals surface area (Å²) in [5, 5.41) is 4.89. The summed E-state index contributed by atoms with van der Waals surface area (Å²) < 4.78 is 0. The lowest BCUT2D eigenvalue weighted by Crippen LogP contribution is -2.45. The van der Waals surface area contributed by atoms with Crippen molar-refractivity contribution in [2.45, 2.75) is 19.9 Å². The van der Waals surface area contributed by atoms with Crippen molar-refractivity contribution in [3.05, 3.63) is 48.0 Å². The highest BCUT2D eigenvalue weighted by Gasteiger charge is 2.18. The summed E-state index contributed by atoms with van der Waals surface area (Å²) in [4.78, 5) is 28.0. The van der Waals surface area contributed by atoms with Crippen LogP contribution in [0.2, 0.25) is 0 Å². The Balaban J connectivity index is 1.77. The van der Waals surface area contributed by atoms with Crippen molar-refractivity contribution >= 4 is 11.9 Å². The topological polar surface area (TPSA) is 64.7 Å². The van der Waals surface area contributed by atoms with Gasteiger partial charge in [0.05, 0.1) is 6.54 Å². The maximum atomic E-state index is 12.0. The maximum absolute atomic E-state index is 12.0. The van der Waals surface area contributed by atoms with E-state index >= 15 is 0 Å². The van der Waals surface area contributed by atoms with Gasteiger partial charge >= 0.3 is 6.03 Å². The number of nitrogens with one attached hydrogen (secondary N) is 2. The van der Waals surface area contributed by atoms with E-state index in [0.717, 1.165) is 39.1 Å². The molecule has 1 saturated heterocycles. The van der Waals surface area contributed by atoms with Crippen molar-refractivity contribution in [1.82, 2.24) is 20.4 Å². The van der Waals surface area contributed by atoms with Gasteiger partial charge in [0.15, 0.2) is 0 Å². The molecular weight excluding hydrogens is 316 g/mol. The van der Waals surface area contributed by atoms with Gasteiger partial charge < -0.3 is 5.32 Å². The lowest BCUT2D eigenvalue weighted by Gasteiger charge is -2.22. The molecule has 25 heavy (non-hydrogen) atoms. The first-order chi connectivity index (χ1) is 12.1. The Labute approximate surface area is 149 Å². The van der Waals surface area contributed by atoms with E-state index in [1.807, 2.05) is 0 Å². The Morgan fingerprint density at radius 1 is 1.16 bits per heavy atom. The zero-order valence-corrected chi connectivity index (χ0v) is 15.0. The van der Waals surface area contributed by atoms with Crippen LogP contribution in [0.3, 0.4) is 0 Å². The Hall–Kier alpha value is -2.18. The van der Waals surface area contributed by atoms with Crippen LogP contribution in [-0.2, 0) is 11.3 Å². The van der Waals surface area contributed by atoms with Gasteiger partial charge in [0.25, 0.3) is 0 Å². The highest BCUT2D eigenvalue weighted by atomic mass is 16.2. The molecule has 136 valence electrons. The lowest BCUT2D eigenvalue weighted by molar-refractivity contribution is -0.121. The molecule has 1 aromatic carbocycles. The summed E-state index contributed by atoms with van der Waals surface area (Å²) in [6.07, 6.45) is 2.59. The fourth-order valence-corrected chi connectivity index (χ4v) is 2.95. The molecule has 1 aliphatic heterocycles. The summed E-state index contributed by atoms with van der Waals surface area (Å²) in [6, 6.07) is 7.98. The summed E-state index contributed by atoms with van der Waals surface area (Å²) in [7, 11) is 0. The Kier molecular flexibility index (Phi) is 7.63. The van der Waals surface area contributed by atoms with Crippen LogP contribution in [0.25, 0.3) is 0 Å². The molecule has 0 spiro atoms. The minimum absolute atomic E-state index is 0.250. The van der Waals surface area contributed by atoms with Crippen LogP contribution in [0.15, 0.2) is 36.9 Å². The van der Waals surface area contributed by atoms with Gasteiger partial charge in [0.1, 0.15) is 0 Å². The molecule has 0 radical (unpaired) electrons. The molecule has 6 nitrogen and oxygen atoms in total. The van der Waals surface area contributed by atoms with Crippen LogP contribution in [0.4, 0.5) is 4.79 Å². The van der Waals surface area contributed by atoms with Crippen molar-refractivity contribution in [3.8, 4) is 0 Å². The highest BCUT2D eigenvalue weighted by molar-refractivity contribution is 5.95. The third-order valence-corrected chi connectivity index (χ3v) is 4.36. The second-order valence-corrected chi connectivity index (χ2v) is 6.38. The van der Waals surface area contributed by atoms with E-state index in [1.165, 1.54) is 11.1 Å². The molecule has 0 aromatic heterocycles. The quantitative estimate of drug-likeness (QED) is 0.768. The summed E-state index contributed by atoms with van der Waals surface area (Å²) in [5.41, 5.74) is 2.67. The average molecular weight is 344 g/mol. The summed E-state index contributed by atoms with van der Waals surface area (Å²) in [6.45, 7) is 10.8. The molecular formula is C19H28N4O2. The van der Waals surface area contributed by atoms with Crippen molar-refractivity contribution in [2.75, 3.05) is 39.3 Å². The largest absolute Gasteiger partial charge is 0.334 e. The van der Waals surface area contributed by atoms with Crippen molar-refractivity contribution < 1.29 is 9.59 Å². The zero-order chi connectivity index (χ0) is 18.1. The summed E-state index contributed by atoms with van der Waals surface area (Å²) in [5.74, 6) is -0.270. The Morgan fingerprint density at radius 2 is 1.88 bits per heavy atom. The van der Waals surface area contributed by atoms with E-state index in [4.69, 9.17) is 0 Å². The number of rotatable bonds is 6. The summed E-state index contributed by atoms with van der Waals surface area (Å²) >= 11 is 0. The second-order valence-electron chi connectivity index (χ2n) is 6.38. The van der Waals surface area contributed by atoms with Crippen LogP contribution in [0.1, 0.15) is 17.5 Å². The molecule has 0 saturated carbocycles. The van der Waals surface area contributed by atoms with Gasteiger partial charge in [0.2, 0.25) is 5.91 Å². The normalized spacial score (nSPS) is 16.0. The molecule has 6 heteroatoms. The van der Waals surface area contributed by atoms with Crippen molar-refractivity contribution in [2.24, 2.45) is 0 Å². The number of aryl methyl sites for hydroxylation is 1. The standard InChI is InChI=1S/C19H28N4O2/c1-3-9-20-19(25)21-18(24)15-23-11-6-10-22(12-13-23)14-17-8-5-4-7-16(17)2/h3-5,7-8H,1,6,9-15H2,2H3,(H2,20,21,24,25). The SMILES string of the molecule is C=CCNC(=O)NC(=O)CN1CCCN(Cc2ccccc2C)CC1. The third kappa shape index (κ3) is 6.68. The predicted molar refractivity (Wildman–Crippen MR) is 99.3 cm³/mol. The number of carbonyl (C=O) groups is 2. The van der Waals surface area contributed by atoms with E-state index < -0.39 is 6.03 Å². The number of amides is 3. The molecule has 3 amide bonds. The van der Waals surface area contributed by atoms with Gasteiger partial charge in [-0.3, -0.25) is 19.9 Å². The highest BCUT2D eigenvalue weighted by Crippen LogP contribution is 2.12. The minimum Gasteiger partial charge on any atom is -0.334 e. The van der Waals surface area contributed by atoms with E-state index in [1.54, 1.807) is 6.08 Å². The number of hydrogen-bond donors (Lipinski definition) is 2. The van der Waals surface area contributed by atoms with Gasteiger partial charge in [-0.15, -0.1) is 6.58 Å². The van der Waals surface area contributed by atoms with Gasteiger partial charge in [-0.2, -0.15) is 0 Å².